The van der Waals surface area contributed by atoms with E-state index in [1.165, 1.54) is 11.1 Å². The molecule has 1 aromatic carbocycles. The Morgan fingerprint density at radius 1 is 1.17 bits per heavy atom. The van der Waals surface area contributed by atoms with E-state index >= 15 is 0 Å². The minimum Gasteiger partial charge on any atom is -0.365 e. The molecule has 2 aromatic rings. The first kappa shape index (κ1) is 10.8. The lowest BCUT2D eigenvalue weighted by Crippen LogP contribution is -2.30. The molecular weight excluding hydrogens is 222 g/mol. The Morgan fingerprint density at radius 3 is 2.83 bits per heavy atom. The molecule has 0 radical (unpaired) electrons. The summed E-state index contributed by atoms with van der Waals surface area (Å²) in [4.78, 5) is 6.36. The van der Waals surface area contributed by atoms with E-state index in [1.54, 1.807) is 18.5 Å². The van der Waals surface area contributed by atoms with Crippen molar-refractivity contribution < 1.29 is 0 Å². The van der Waals surface area contributed by atoms with Crippen molar-refractivity contribution >= 4 is 5.69 Å². The van der Waals surface area contributed by atoms with Gasteiger partial charge in [-0.05, 0) is 23.6 Å². The number of anilines is 1. The number of rotatable bonds is 1. The van der Waals surface area contributed by atoms with Gasteiger partial charge in [-0.3, -0.25) is 4.98 Å². The molecule has 88 valence electrons. The third kappa shape index (κ3) is 1.82. The minimum absolute atomic E-state index is 0.699. The van der Waals surface area contributed by atoms with Crippen LogP contribution < -0.4 is 4.90 Å². The van der Waals surface area contributed by atoms with Crippen LogP contribution in [0, 0.1) is 11.3 Å². The molecule has 0 saturated heterocycles. The molecule has 0 aliphatic carbocycles. The average molecular weight is 235 g/mol. The molecule has 2 heterocycles. The molecule has 3 nitrogen and oxygen atoms in total. The monoisotopic (exact) mass is 235 g/mol. The van der Waals surface area contributed by atoms with E-state index in [-0.39, 0.29) is 0 Å². The second kappa shape index (κ2) is 4.50. The van der Waals surface area contributed by atoms with Gasteiger partial charge >= 0.3 is 0 Å². The van der Waals surface area contributed by atoms with E-state index < -0.39 is 0 Å². The van der Waals surface area contributed by atoms with Crippen LogP contribution in [-0.4, -0.2) is 11.5 Å². The van der Waals surface area contributed by atoms with Crippen LogP contribution in [0.3, 0.4) is 0 Å². The lowest BCUT2D eigenvalue weighted by molar-refractivity contribution is 0.729. The van der Waals surface area contributed by atoms with Gasteiger partial charge in [-0.2, -0.15) is 5.26 Å². The highest BCUT2D eigenvalue weighted by Gasteiger charge is 2.18. The summed E-state index contributed by atoms with van der Waals surface area (Å²) in [5, 5.41) is 9.14. The van der Waals surface area contributed by atoms with Crippen molar-refractivity contribution in [2.24, 2.45) is 0 Å². The number of nitrogens with zero attached hydrogens (tertiary/aromatic N) is 3. The Balaban J connectivity index is 1.95. The summed E-state index contributed by atoms with van der Waals surface area (Å²) >= 11 is 0. The van der Waals surface area contributed by atoms with Gasteiger partial charge in [0.25, 0.3) is 0 Å². The van der Waals surface area contributed by atoms with E-state index in [0.717, 1.165) is 25.2 Å². The summed E-state index contributed by atoms with van der Waals surface area (Å²) in [6.45, 7) is 1.80. The maximum atomic E-state index is 9.14. The number of benzene rings is 1. The molecule has 0 saturated carbocycles. The Kier molecular flexibility index (Phi) is 2.70. The second-order valence-electron chi connectivity index (χ2n) is 4.44. The molecule has 1 aromatic heterocycles. The fourth-order valence-electron chi connectivity index (χ4n) is 2.43. The summed E-state index contributed by atoms with van der Waals surface area (Å²) in [5.41, 5.74) is 4.39. The first-order valence-electron chi connectivity index (χ1n) is 6.04. The SMILES string of the molecule is N#Cc1ccncc1N1CCc2ccccc2C1. The highest BCUT2D eigenvalue weighted by atomic mass is 15.1. The third-order valence-corrected chi connectivity index (χ3v) is 3.39. The maximum Gasteiger partial charge on any atom is 0.101 e. The number of nitriles is 1. The van der Waals surface area contributed by atoms with Crippen molar-refractivity contribution in [1.82, 2.24) is 4.98 Å². The molecule has 0 bridgehead atoms. The summed E-state index contributed by atoms with van der Waals surface area (Å²) < 4.78 is 0. The molecular formula is C15H13N3. The number of fused-ring (bicyclic) bond motifs is 1. The smallest absolute Gasteiger partial charge is 0.101 e. The molecule has 0 spiro atoms. The number of hydrogen-bond donors (Lipinski definition) is 0. The maximum absolute atomic E-state index is 9.14. The topological polar surface area (TPSA) is 39.9 Å². The Hall–Kier alpha value is -2.34. The minimum atomic E-state index is 0.699. The summed E-state index contributed by atoms with van der Waals surface area (Å²) in [6, 6.07) is 12.5. The standard InChI is InChI=1S/C15H13N3/c16-9-13-5-7-17-10-15(13)18-8-6-12-3-1-2-4-14(12)11-18/h1-5,7,10H,6,8,11H2. The average Bonchev–Trinajstić information content (AvgIpc) is 2.46. The Morgan fingerprint density at radius 2 is 2.00 bits per heavy atom. The normalized spacial score (nSPS) is 13.8. The van der Waals surface area contributed by atoms with Crippen LogP contribution in [0.2, 0.25) is 0 Å². The lowest BCUT2D eigenvalue weighted by atomic mass is 9.99. The lowest BCUT2D eigenvalue weighted by Gasteiger charge is -2.30. The van der Waals surface area contributed by atoms with Gasteiger partial charge in [0.05, 0.1) is 17.4 Å². The first-order chi connectivity index (χ1) is 8.88. The summed E-state index contributed by atoms with van der Waals surface area (Å²) in [6.07, 6.45) is 4.47. The second-order valence-corrected chi connectivity index (χ2v) is 4.44. The molecule has 18 heavy (non-hydrogen) atoms. The zero-order chi connectivity index (χ0) is 12.4. The fourth-order valence-corrected chi connectivity index (χ4v) is 2.43. The van der Waals surface area contributed by atoms with Crippen molar-refractivity contribution in [3.63, 3.8) is 0 Å². The highest BCUT2D eigenvalue weighted by Crippen LogP contribution is 2.25. The van der Waals surface area contributed by atoms with E-state index in [4.69, 9.17) is 5.26 Å². The van der Waals surface area contributed by atoms with Gasteiger partial charge in [-0.15, -0.1) is 0 Å². The molecule has 3 heteroatoms. The van der Waals surface area contributed by atoms with Gasteiger partial charge in [-0.1, -0.05) is 24.3 Å². The van der Waals surface area contributed by atoms with Crippen LogP contribution in [-0.2, 0) is 13.0 Å². The van der Waals surface area contributed by atoms with Crippen molar-refractivity contribution in [3.05, 3.63) is 59.4 Å². The summed E-state index contributed by atoms with van der Waals surface area (Å²) in [7, 11) is 0. The van der Waals surface area contributed by atoms with Crippen LogP contribution >= 0.6 is 0 Å². The predicted molar refractivity (Wildman–Crippen MR) is 70.1 cm³/mol. The first-order valence-corrected chi connectivity index (χ1v) is 6.04. The molecule has 1 aliphatic rings. The van der Waals surface area contributed by atoms with Crippen molar-refractivity contribution in [2.75, 3.05) is 11.4 Å². The molecule has 1 aliphatic heterocycles. The van der Waals surface area contributed by atoms with Crippen molar-refractivity contribution in [2.45, 2.75) is 13.0 Å². The van der Waals surface area contributed by atoms with E-state index in [2.05, 4.69) is 40.2 Å². The fraction of sp³-hybridized carbons (Fsp3) is 0.200. The van der Waals surface area contributed by atoms with E-state index in [1.807, 2.05) is 0 Å². The van der Waals surface area contributed by atoms with Gasteiger partial charge in [0, 0.05) is 19.3 Å². The Labute approximate surface area is 106 Å². The molecule has 0 N–H and O–H groups in total. The number of aromatic nitrogens is 1. The Bertz CT molecular complexity index is 613. The summed E-state index contributed by atoms with van der Waals surface area (Å²) in [5.74, 6) is 0. The molecule has 0 atom stereocenters. The quantitative estimate of drug-likeness (QED) is 0.762. The third-order valence-electron chi connectivity index (χ3n) is 3.39. The molecule has 0 unspecified atom stereocenters. The number of pyridine rings is 1. The van der Waals surface area contributed by atoms with Crippen LogP contribution in [0.15, 0.2) is 42.7 Å². The van der Waals surface area contributed by atoms with Gasteiger partial charge < -0.3 is 4.90 Å². The van der Waals surface area contributed by atoms with Crippen molar-refractivity contribution in [3.8, 4) is 6.07 Å². The predicted octanol–water partition coefficient (Wildman–Crippen LogP) is 2.52. The van der Waals surface area contributed by atoms with E-state index in [0.29, 0.717) is 5.56 Å². The molecule has 0 amide bonds. The van der Waals surface area contributed by atoms with Gasteiger partial charge in [0.2, 0.25) is 0 Å². The zero-order valence-corrected chi connectivity index (χ0v) is 10.0. The van der Waals surface area contributed by atoms with Crippen molar-refractivity contribution in [1.29, 1.82) is 5.26 Å². The highest BCUT2D eigenvalue weighted by molar-refractivity contribution is 5.58. The van der Waals surface area contributed by atoms with Crippen LogP contribution in [0.1, 0.15) is 16.7 Å². The van der Waals surface area contributed by atoms with Gasteiger partial charge in [-0.25, -0.2) is 0 Å². The number of hydrogen-bond acceptors (Lipinski definition) is 3. The van der Waals surface area contributed by atoms with E-state index in [9.17, 15) is 0 Å². The van der Waals surface area contributed by atoms with Crippen LogP contribution in [0.5, 0.6) is 0 Å². The van der Waals surface area contributed by atoms with Gasteiger partial charge in [0.1, 0.15) is 6.07 Å². The van der Waals surface area contributed by atoms with Crippen LogP contribution in [0.25, 0.3) is 0 Å². The largest absolute Gasteiger partial charge is 0.365 e. The zero-order valence-electron chi connectivity index (χ0n) is 10.0. The molecule has 0 fully saturated rings. The molecule has 3 rings (SSSR count). The van der Waals surface area contributed by atoms with Crippen LogP contribution in [0.4, 0.5) is 5.69 Å². The van der Waals surface area contributed by atoms with Gasteiger partial charge in [0.15, 0.2) is 0 Å².